The lowest BCUT2D eigenvalue weighted by molar-refractivity contribution is -0.00381. The van der Waals surface area contributed by atoms with Crippen LogP contribution in [0, 0.1) is 0 Å². The van der Waals surface area contributed by atoms with E-state index in [9.17, 15) is 0 Å². The van der Waals surface area contributed by atoms with Crippen molar-refractivity contribution in [2.75, 3.05) is 0 Å². The average molecular weight is 143 g/mol. The summed E-state index contributed by atoms with van der Waals surface area (Å²) in [6.07, 6.45) is -1.38. The van der Waals surface area contributed by atoms with Crippen LogP contribution in [0.1, 0.15) is 0 Å². The van der Waals surface area contributed by atoms with Gasteiger partial charge in [0.25, 0.3) is 0 Å². The Labute approximate surface area is 57.8 Å². The highest BCUT2D eigenvalue weighted by Gasteiger charge is 2.05. The van der Waals surface area contributed by atoms with Crippen molar-refractivity contribution < 1.29 is 19.4 Å². The molecule has 7 nitrogen and oxygen atoms in total. The molecule has 0 fully saturated rings. The fourth-order valence-electron chi connectivity index (χ4n) is 0.233. The number of azide groups is 1. The first-order valence-corrected chi connectivity index (χ1v) is 2.12. The summed E-state index contributed by atoms with van der Waals surface area (Å²) in [6.45, 7) is 0. The van der Waals surface area contributed by atoms with E-state index in [-0.39, 0.29) is 15.4 Å². The molecule has 2 N–H and O–H groups in total. The second-order valence-corrected chi connectivity index (χ2v) is 0.995. The molecule has 10 heavy (non-hydrogen) atoms. The monoisotopic (exact) mass is 143 g/mol. The van der Waals surface area contributed by atoms with E-state index >= 15 is 0 Å². The molecule has 0 aliphatic carbocycles. The summed E-state index contributed by atoms with van der Waals surface area (Å²) < 4.78 is 8.24. The van der Waals surface area contributed by atoms with Crippen molar-refractivity contribution in [3.8, 4) is 0 Å². The second kappa shape index (κ2) is 6.40. The molecule has 0 rings (SSSR count). The smallest absolute Gasteiger partial charge is 0.429 e. The Hall–Kier alpha value is -0.720. The van der Waals surface area contributed by atoms with Gasteiger partial charge >= 0.3 is 15.4 Å². The number of nitrogens with zero attached hydrogens (tertiary/aromatic N) is 3. The minimum Gasteiger partial charge on any atom is -0.429 e. The van der Waals surface area contributed by atoms with E-state index in [2.05, 4.69) is 19.3 Å². The summed E-state index contributed by atoms with van der Waals surface area (Å²) in [7, 11) is 0.561. The van der Waals surface area contributed by atoms with E-state index in [0.29, 0.717) is 0 Å². The van der Waals surface area contributed by atoms with Gasteiger partial charge in [0.2, 0.25) is 6.41 Å². The van der Waals surface area contributed by atoms with Crippen LogP contribution in [0.2, 0.25) is 0 Å². The van der Waals surface area contributed by atoms with Crippen LogP contribution < -0.4 is 0 Å². The molecule has 2 radical (unpaired) electrons. The molecule has 0 saturated heterocycles. The van der Waals surface area contributed by atoms with Gasteiger partial charge < -0.3 is 19.4 Å². The van der Waals surface area contributed by atoms with Crippen molar-refractivity contribution in [2.45, 2.75) is 6.41 Å². The van der Waals surface area contributed by atoms with Gasteiger partial charge in [-0.05, 0) is 10.6 Å². The largest absolute Gasteiger partial charge is 0.487 e. The zero-order valence-corrected chi connectivity index (χ0v) is 4.78. The molecule has 0 unspecified atom stereocenters. The average Bonchev–Trinajstić information content (AvgIpc) is 1.90. The van der Waals surface area contributed by atoms with Crippen LogP contribution >= 0.6 is 0 Å². The zero-order chi connectivity index (χ0) is 7.82. The van der Waals surface area contributed by atoms with Gasteiger partial charge in [-0.15, -0.1) is 0 Å². The first-order valence-electron chi connectivity index (χ1n) is 2.12. The standard InChI is InChI=1S/CH3B2N3O4/c4-6-5-1(9-2-7)10-3-8/h1,7-8H. The van der Waals surface area contributed by atoms with E-state index < -0.39 is 6.41 Å². The van der Waals surface area contributed by atoms with Gasteiger partial charge in [-0.2, -0.15) is 0 Å². The molecule has 9 heteroatoms. The molecule has 0 bridgehead atoms. The van der Waals surface area contributed by atoms with Gasteiger partial charge in [-0.3, -0.25) is 0 Å². The number of hydrogen-bond donors (Lipinski definition) is 2. The first-order chi connectivity index (χ1) is 4.85. The van der Waals surface area contributed by atoms with Crippen molar-refractivity contribution >= 4 is 15.4 Å². The van der Waals surface area contributed by atoms with Gasteiger partial charge in [0, 0.05) is 4.91 Å². The van der Waals surface area contributed by atoms with E-state index in [1.165, 1.54) is 0 Å². The van der Waals surface area contributed by atoms with Gasteiger partial charge in [-0.1, -0.05) is 0 Å². The minimum absolute atomic E-state index is 0.281. The Morgan fingerprint density at radius 1 is 1.40 bits per heavy atom. The summed E-state index contributed by atoms with van der Waals surface area (Å²) in [5.74, 6) is 0. The Morgan fingerprint density at radius 2 is 1.90 bits per heavy atom. The zero-order valence-electron chi connectivity index (χ0n) is 4.78. The van der Waals surface area contributed by atoms with Crippen molar-refractivity contribution in [2.24, 2.45) is 5.11 Å². The molecule has 0 heterocycles. The van der Waals surface area contributed by atoms with Crippen LogP contribution in [0.3, 0.4) is 0 Å². The summed E-state index contributed by atoms with van der Waals surface area (Å²) >= 11 is 0. The van der Waals surface area contributed by atoms with E-state index in [0.717, 1.165) is 0 Å². The fraction of sp³-hybridized carbons (Fsp3) is 1.00. The molecule has 52 valence electrons. The first kappa shape index (κ1) is 9.28. The highest BCUT2D eigenvalue weighted by Crippen LogP contribution is 1.92. The maximum absolute atomic E-state index is 7.98. The van der Waals surface area contributed by atoms with Crippen molar-refractivity contribution in [1.29, 1.82) is 0 Å². The molecule has 0 amide bonds. The van der Waals surface area contributed by atoms with Crippen LogP contribution in [0.15, 0.2) is 5.11 Å². The third-order valence-corrected chi connectivity index (χ3v) is 0.500. The van der Waals surface area contributed by atoms with Gasteiger partial charge in [0.1, 0.15) is 0 Å². The highest BCUT2D eigenvalue weighted by atomic mass is 16.7. The van der Waals surface area contributed by atoms with Crippen molar-refractivity contribution in [3.05, 3.63) is 10.4 Å². The lowest BCUT2D eigenvalue weighted by Crippen LogP contribution is -2.18. The minimum atomic E-state index is -1.38. The van der Waals surface area contributed by atoms with Crippen LogP contribution in [-0.2, 0) is 9.31 Å². The molecule has 0 saturated carbocycles. The number of hydrogen-bond acceptors (Lipinski definition) is 5. The molecule has 0 aromatic heterocycles. The molecular weight excluding hydrogens is 140 g/mol. The van der Waals surface area contributed by atoms with Crippen molar-refractivity contribution in [1.82, 2.24) is 0 Å². The summed E-state index contributed by atoms with van der Waals surface area (Å²) in [6, 6.07) is 0. The van der Waals surface area contributed by atoms with Crippen LogP contribution in [0.5, 0.6) is 0 Å². The van der Waals surface area contributed by atoms with E-state index in [4.69, 9.17) is 15.6 Å². The van der Waals surface area contributed by atoms with Gasteiger partial charge in [-0.25, -0.2) is 0 Å². The third kappa shape index (κ3) is 4.19. The Morgan fingerprint density at radius 3 is 2.20 bits per heavy atom. The maximum atomic E-state index is 7.98. The van der Waals surface area contributed by atoms with Gasteiger partial charge in [0.05, 0.1) is 0 Å². The van der Waals surface area contributed by atoms with E-state index in [1.54, 1.807) is 0 Å². The molecule has 0 spiro atoms. The molecular formula is CH3B2N3O4. The predicted molar refractivity (Wildman–Crippen MR) is 31.0 cm³/mol. The number of rotatable bonds is 5. The predicted octanol–water partition coefficient (Wildman–Crippen LogP) is -1.33. The quantitative estimate of drug-likeness (QED) is 0.163. The molecule has 0 atom stereocenters. The van der Waals surface area contributed by atoms with Crippen LogP contribution in [0.4, 0.5) is 0 Å². The summed E-state index contributed by atoms with van der Waals surface area (Å²) in [5.41, 5.74) is 7.80. The molecule has 0 aliphatic heterocycles. The SMILES string of the molecule is [N-]=[N+]=NC(O[B]O)O[B]O. The molecule has 0 aliphatic rings. The third-order valence-electron chi connectivity index (χ3n) is 0.500. The Kier molecular flexibility index (Phi) is 5.94. The Bertz CT molecular complexity index is 120. The summed E-state index contributed by atoms with van der Waals surface area (Å²) in [5, 5.41) is 18.8. The lowest BCUT2D eigenvalue weighted by Gasteiger charge is -2.07. The van der Waals surface area contributed by atoms with Crippen LogP contribution in [-0.4, -0.2) is 31.8 Å². The van der Waals surface area contributed by atoms with Gasteiger partial charge in [0.15, 0.2) is 0 Å². The van der Waals surface area contributed by atoms with Crippen LogP contribution in [0.25, 0.3) is 10.4 Å². The lowest BCUT2D eigenvalue weighted by atomic mass is 10.4. The maximum Gasteiger partial charge on any atom is 0.487 e. The molecule has 0 aromatic rings. The summed E-state index contributed by atoms with van der Waals surface area (Å²) in [4.78, 5) is 2.29. The van der Waals surface area contributed by atoms with Crippen molar-refractivity contribution in [3.63, 3.8) is 0 Å². The second-order valence-electron chi connectivity index (χ2n) is 0.995. The van der Waals surface area contributed by atoms with E-state index in [1.807, 2.05) is 0 Å². The topological polar surface area (TPSA) is 108 Å². The highest BCUT2D eigenvalue weighted by molar-refractivity contribution is 6.17. The normalized spacial score (nSPS) is 8.70. The fourth-order valence-corrected chi connectivity index (χ4v) is 0.233. The molecule has 0 aromatic carbocycles. The Balaban J connectivity index is 3.60.